The molecule has 4 heteroatoms. The molecule has 0 aliphatic carbocycles. The Balaban J connectivity index is 1.35. The lowest BCUT2D eigenvalue weighted by molar-refractivity contribution is 0.668. The summed E-state index contributed by atoms with van der Waals surface area (Å²) in [6.07, 6.45) is 0. The zero-order valence-electron chi connectivity index (χ0n) is 22.3. The topological polar surface area (TPSA) is 73.9 Å². The third-order valence-corrected chi connectivity index (χ3v) is 7.98. The van der Waals surface area contributed by atoms with Crippen molar-refractivity contribution in [3.8, 4) is 45.5 Å². The quantitative estimate of drug-likeness (QED) is 0.225. The molecule has 0 amide bonds. The normalized spacial score (nSPS) is 11.3. The highest BCUT2D eigenvalue weighted by Gasteiger charge is 2.16. The van der Waals surface area contributed by atoms with Crippen molar-refractivity contribution in [3.63, 3.8) is 0 Å². The maximum Gasteiger partial charge on any atom is 0.135 e. The Labute approximate surface area is 240 Å². The van der Waals surface area contributed by atoms with Crippen molar-refractivity contribution in [1.29, 1.82) is 10.5 Å². The first kappa shape index (κ1) is 23.8. The van der Waals surface area contributed by atoms with Crippen LogP contribution in [0.25, 0.3) is 77.3 Å². The van der Waals surface area contributed by atoms with E-state index in [0.29, 0.717) is 11.1 Å². The largest absolute Gasteiger partial charge is 0.456 e. The van der Waals surface area contributed by atoms with E-state index in [9.17, 15) is 10.5 Å². The number of furan rings is 2. The van der Waals surface area contributed by atoms with Gasteiger partial charge in [-0.1, -0.05) is 60.7 Å². The van der Waals surface area contributed by atoms with Gasteiger partial charge >= 0.3 is 0 Å². The zero-order valence-corrected chi connectivity index (χ0v) is 22.3. The predicted molar refractivity (Wildman–Crippen MR) is 167 cm³/mol. The van der Waals surface area contributed by atoms with Gasteiger partial charge in [0, 0.05) is 27.1 Å². The standard InChI is InChI=1S/C38H20N2O2/c39-21-23-9-14-36-32(17-23)34-20-26(12-16-38(34)42-36)29-13-10-24(18-31(29)28-6-2-1-5-27(28)22-40)25-11-15-37-33(19-25)30-7-3-4-8-35(30)41-37/h1-20H. The molecule has 0 atom stereocenters. The van der Waals surface area contributed by atoms with E-state index in [1.54, 1.807) is 6.07 Å². The monoisotopic (exact) mass is 536 g/mol. The molecule has 0 bridgehead atoms. The molecule has 0 aliphatic rings. The van der Waals surface area contributed by atoms with E-state index in [2.05, 4.69) is 54.6 Å². The molecule has 8 aromatic rings. The van der Waals surface area contributed by atoms with E-state index in [0.717, 1.165) is 77.3 Å². The summed E-state index contributed by atoms with van der Waals surface area (Å²) in [5.74, 6) is 0. The van der Waals surface area contributed by atoms with Gasteiger partial charge in [-0.05, 0) is 88.5 Å². The van der Waals surface area contributed by atoms with Gasteiger partial charge in [0.1, 0.15) is 22.3 Å². The lowest BCUT2D eigenvalue weighted by atomic mass is 9.88. The van der Waals surface area contributed by atoms with Crippen molar-refractivity contribution in [2.24, 2.45) is 0 Å². The molecule has 0 radical (unpaired) electrons. The number of hydrogen-bond donors (Lipinski definition) is 0. The van der Waals surface area contributed by atoms with Crippen LogP contribution in [-0.4, -0.2) is 0 Å². The van der Waals surface area contributed by atoms with Crippen LogP contribution in [0.1, 0.15) is 11.1 Å². The molecule has 0 saturated carbocycles. The van der Waals surface area contributed by atoms with Crippen LogP contribution in [0.3, 0.4) is 0 Å². The lowest BCUT2D eigenvalue weighted by Crippen LogP contribution is -1.90. The second-order valence-corrected chi connectivity index (χ2v) is 10.4. The van der Waals surface area contributed by atoms with Gasteiger partial charge in [-0.25, -0.2) is 0 Å². The first-order chi connectivity index (χ1) is 20.7. The van der Waals surface area contributed by atoms with Gasteiger partial charge in [0.2, 0.25) is 0 Å². The minimum Gasteiger partial charge on any atom is -0.456 e. The Hall–Kier alpha value is -6.10. The molecule has 42 heavy (non-hydrogen) atoms. The Morgan fingerprint density at radius 1 is 0.405 bits per heavy atom. The first-order valence-corrected chi connectivity index (χ1v) is 13.6. The fourth-order valence-corrected chi connectivity index (χ4v) is 5.93. The smallest absolute Gasteiger partial charge is 0.135 e. The zero-order chi connectivity index (χ0) is 28.2. The van der Waals surface area contributed by atoms with Gasteiger partial charge in [0.15, 0.2) is 0 Å². The number of nitrogens with zero attached hydrogens (tertiary/aromatic N) is 2. The molecule has 2 aromatic heterocycles. The third-order valence-electron chi connectivity index (χ3n) is 7.98. The first-order valence-electron chi connectivity index (χ1n) is 13.6. The van der Waals surface area contributed by atoms with E-state index in [1.165, 1.54) is 0 Å². The number of para-hydroxylation sites is 1. The molecule has 8 rings (SSSR count). The van der Waals surface area contributed by atoms with Crippen LogP contribution >= 0.6 is 0 Å². The predicted octanol–water partition coefficient (Wildman–Crippen LogP) is 10.2. The Morgan fingerprint density at radius 2 is 1.00 bits per heavy atom. The van der Waals surface area contributed by atoms with Crippen LogP contribution in [0.15, 0.2) is 130 Å². The van der Waals surface area contributed by atoms with E-state index in [1.807, 2.05) is 72.8 Å². The van der Waals surface area contributed by atoms with Crippen molar-refractivity contribution >= 4 is 43.9 Å². The molecule has 0 fully saturated rings. The van der Waals surface area contributed by atoms with Crippen LogP contribution in [0.2, 0.25) is 0 Å². The fourth-order valence-electron chi connectivity index (χ4n) is 5.93. The fraction of sp³-hybridized carbons (Fsp3) is 0. The van der Waals surface area contributed by atoms with E-state index in [4.69, 9.17) is 8.83 Å². The van der Waals surface area contributed by atoms with Gasteiger partial charge in [-0.3, -0.25) is 0 Å². The van der Waals surface area contributed by atoms with E-state index < -0.39 is 0 Å². The summed E-state index contributed by atoms with van der Waals surface area (Å²) in [7, 11) is 0. The van der Waals surface area contributed by atoms with Crippen LogP contribution in [0.4, 0.5) is 0 Å². The maximum absolute atomic E-state index is 10.0. The maximum atomic E-state index is 10.0. The molecule has 4 nitrogen and oxygen atoms in total. The molecule has 194 valence electrons. The van der Waals surface area contributed by atoms with Crippen LogP contribution in [0, 0.1) is 22.7 Å². The van der Waals surface area contributed by atoms with Gasteiger partial charge in [-0.15, -0.1) is 0 Å². The molecular formula is C38H20N2O2. The molecule has 0 saturated heterocycles. The van der Waals surface area contributed by atoms with Crippen molar-refractivity contribution in [2.75, 3.05) is 0 Å². The Morgan fingerprint density at radius 3 is 1.81 bits per heavy atom. The van der Waals surface area contributed by atoms with Crippen LogP contribution in [0.5, 0.6) is 0 Å². The number of benzene rings is 6. The second-order valence-electron chi connectivity index (χ2n) is 10.4. The molecule has 0 aliphatic heterocycles. The highest BCUT2D eigenvalue weighted by Crippen LogP contribution is 2.41. The molecule has 2 heterocycles. The van der Waals surface area contributed by atoms with Crippen LogP contribution in [-0.2, 0) is 0 Å². The molecular weight excluding hydrogens is 516 g/mol. The number of nitriles is 2. The van der Waals surface area contributed by atoms with Gasteiger partial charge in [0.25, 0.3) is 0 Å². The average molecular weight is 537 g/mol. The summed E-state index contributed by atoms with van der Waals surface area (Å²) < 4.78 is 12.1. The molecule has 0 N–H and O–H groups in total. The van der Waals surface area contributed by atoms with E-state index >= 15 is 0 Å². The van der Waals surface area contributed by atoms with Gasteiger partial charge < -0.3 is 8.83 Å². The average Bonchev–Trinajstić information content (AvgIpc) is 3.61. The summed E-state index contributed by atoms with van der Waals surface area (Å²) in [5, 5.41) is 23.5. The van der Waals surface area contributed by atoms with Crippen LogP contribution < -0.4 is 0 Å². The summed E-state index contributed by atoms with van der Waals surface area (Å²) in [6, 6.07) is 44.7. The Kier molecular flexibility index (Phi) is 5.22. The number of rotatable bonds is 3. The molecule has 6 aromatic carbocycles. The van der Waals surface area contributed by atoms with Crippen molar-refractivity contribution in [2.45, 2.75) is 0 Å². The minimum absolute atomic E-state index is 0.589. The van der Waals surface area contributed by atoms with E-state index in [-0.39, 0.29) is 0 Å². The minimum atomic E-state index is 0.589. The summed E-state index contributed by atoms with van der Waals surface area (Å²) in [6.45, 7) is 0. The highest BCUT2D eigenvalue weighted by molar-refractivity contribution is 6.08. The molecule has 0 spiro atoms. The van der Waals surface area contributed by atoms with Gasteiger partial charge in [0.05, 0.1) is 23.3 Å². The summed E-state index contributed by atoms with van der Waals surface area (Å²) in [5.41, 5.74) is 10.4. The second kappa shape index (κ2) is 9.24. The molecule has 0 unspecified atom stereocenters. The Bertz CT molecular complexity index is 2450. The third kappa shape index (κ3) is 3.68. The van der Waals surface area contributed by atoms with Crippen molar-refractivity contribution in [1.82, 2.24) is 0 Å². The summed E-state index contributed by atoms with van der Waals surface area (Å²) in [4.78, 5) is 0. The van der Waals surface area contributed by atoms with Gasteiger partial charge in [-0.2, -0.15) is 10.5 Å². The number of fused-ring (bicyclic) bond motifs is 6. The number of hydrogen-bond acceptors (Lipinski definition) is 4. The lowest BCUT2D eigenvalue weighted by Gasteiger charge is -2.14. The highest BCUT2D eigenvalue weighted by atomic mass is 16.3. The summed E-state index contributed by atoms with van der Waals surface area (Å²) >= 11 is 0. The van der Waals surface area contributed by atoms with Crippen molar-refractivity contribution in [3.05, 3.63) is 132 Å². The van der Waals surface area contributed by atoms with Crippen molar-refractivity contribution < 1.29 is 8.83 Å². The SMILES string of the molecule is N#Cc1ccc2oc3ccc(-c4ccc(-c5ccc6oc7ccccc7c6c5)cc4-c4ccccc4C#N)cc3c2c1.